The number of aliphatic carboxylic acids is 2. The second-order valence-corrected chi connectivity index (χ2v) is 5.09. The maximum atomic E-state index is 12.0. The van der Waals surface area contributed by atoms with Crippen molar-refractivity contribution in [2.45, 2.75) is 25.3 Å². The molecule has 0 radical (unpaired) electrons. The molecule has 0 aliphatic carbocycles. The first kappa shape index (κ1) is 17.9. The summed E-state index contributed by atoms with van der Waals surface area (Å²) in [5.41, 5.74) is 7.00. The minimum Gasteiger partial charge on any atom is -0.481 e. The Morgan fingerprint density at radius 1 is 1.18 bits per heavy atom. The third-order valence-electron chi connectivity index (χ3n) is 3.28. The van der Waals surface area contributed by atoms with E-state index in [1.807, 2.05) is 0 Å². The molecule has 2 unspecified atom stereocenters. The normalized spacial score (nSPS) is 13.4. The van der Waals surface area contributed by atoms with Crippen molar-refractivity contribution in [3.05, 3.63) is 29.8 Å². The van der Waals surface area contributed by atoms with Gasteiger partial charge in [0.2, 0.25) is 0 Å². The van der Waals surface area contributed by atoms with E-state index in [9.17, 15) is 14.0 Å². The van der Waals surface area contributed by atoms with Crippen LogP contribution in [0.3, 0.4) is 0 Å². The number of carboxylic acids is 2. The number of anilines is 1. The lowest BCUT2D eigenvalue weighted by Gasteiger charge is -2.15. The van der Waals surface area contributed by atoms with Crippen molar-refractivity contribution in [2.75, 3.05) is 18.5 Å². The molecule has 5 N–H and O–H groups in total. The highest BCUT2D eigenvalue weighted by atomic mass is 19.1. The molecule has 0 amide bonds. The topological polar surface area (TPSA) is 113 Å². The molecule has 0 aliphatic heterocycles. The maximum Gasteiger partial charge on any atom is 0.320 e. The Bertz CT molecular complexity index is 493. The number of nitrogens with two attached hydrogens (primary N) is 1. The van der Waals surface area contributed by atoms with Crippen molar-refractivity contribution in [3.8, 4) is 0 Å². The van der Waals surface area contributed by atoms with Gasteiger partial charge >= 0.3 is 11.9 Å². The first-order chi connectivity index (χ1) is 10.4. The average molecular weight is 312 g/mol. The molecule has 0 aromatic heterocycles. The maximum absolute atomic E-state index is 12.0. The number of hydrogen-bond donors (Lipinski definition) is 4. The molecule has 0 heterocycles. The summed E-state index contributed by atoms with van der Waals surface area (Å²) in [5, 5.41) is 21.0. The van der Waals surface area contributed by atoms with Crippen LogP contribution in [0.5, 0.6) is 0 Å². The minimum atomic E-state index is -1.21. The molecule has 0 bridgehead atoms. The lowest BCUT2D eigenvalue weighted by Crippen LogP contribution is -2.35. The third-order valence-corrected chi connectivity index (χ3v) is 3.28. The quantitative estimate of drug-likeness (QED) is 0.487. The molecule has 22 heavy (non-hydrogen) atoms. The Morgan fingerprint density at radius 2 is 1.82 bits per heavy atom. The summed E-state index contributed by atoms with van der Waals surface area (Å²) in [5.74, 6) is -3.13. The van der Waals surface area contributed by atoms with Crippen molar-refractivity contribution >= 4 is 17.6 Å². The van der Waals surface area contributed by atoms with Gasteiger partial charge < -0.3 is 21.3 Å². The number of hydrogen-bond acceptors (Lipinski definition) is 4. The van der Waals surface area contributed by atoms with E-state index in [2.05, 4.69) is 5.32 Å². The van der Waals surface area contributed by atoms with E-state index < -0.39 is 23.9 Å². The molecule has 0 fully saturated rings. The molecule has 0 saturated heterocycles. The second kappa shape index (κ2) is 8.99. The highest BCUT2D eigenvalue weighted by Crippen LogP contribution is 2.17. The van der Waals surface area contributed by atoms with Crippen molar-refractivity contribution < 1.29 is 24.2 Å². The standard InChI is InChI=1S/C15H21FN2O4/c16-6-1-7-18-12-4-2-10(3-5-12)8-11(14(19)20)9-13(17)15(21)22/h2-5,11,13,18H,1,6-9,17H2,(H,19,20)(H,21,22). The number of rotatable bonds is 10. The van der Waals surface area contributed by atoms with Crippen LogP contribution in [-0.4, -0.2) is 41.4 Å². The summed E-state index contributed by atoms with van der Waals surface area (Å²) in [4.78, 5) is 21.9. The molecular weight excluding hydrogens is 291 g/mol. The van der Waals surface area contributed by atoms with Gasteiger partial charge in [-0.05, 0) is 37.0 Å². The van der Waals surface area contributed by atoms with E-state index in [0.29, 0.717) is 13.0 Å². The van der Waals surface area contributed by atoms with Gasteiger partial charge in [-0.25, -0.2) is 0 Å². The summed E-state index contributed by atoms with van der Waals surface area (Å²) >= 11 is 0. The molecule has 1 aromatic carbocycles. The number of halogens is 1. The van der Waals surface area contributed by atoms with Gasteiger partial charge in [-0.15, -0.1) is 0 Å². The molecular formula is C15H21FN2O4. The minimum absolute atomic E-state index is 0.124. The highest BCUT2D eigenvalue weighted by molar-refractivity contribution is 5.76. The second-order valence-electron chi connectivity index (χ2n) is 5.09. The Kier molecular flexibility index (Phi) is 7.31. The van der Waals surface area contributed by atoms with Crippen LogP contribution < -0.4 is 11.1 Å². The summed E-state index contributed by atoms with van der Waals surface area (Å²) < 4.78 is 12.0. The number of carbonyl (C=O) groups is 2. The summed E-state index contributed by atoms with van der Waals surface area (Å²) in [6.07, 6.45) is 0.512. The monoisotopic (exact) mass is 312 g/mol. The predicted molar refractivity (Wildman–Crippen MR) is 80.6 cm³/mol. The summed E-state index contributed by atoms with van der Waals surface area (Å²) in [6, 6.07) is 5.90. The number of benzene rings is 1. The number of carboxylic acid groups (broad SMARTS) is 2. The Morgan fingerprint density at radius 3 is 2.32 bits per heavy atom. The van der Waals surface area contributed by atoms with Crippen LogP contribution in [-0.2, 0) is 16.0 Å². The fraction of sp³-hybridized carbons (Fsp3) is 0.467. The molecule has 122 valence electrons. The molecule has 1 rings (SSSR count). The Labute approximate surface area is 128 Å². The lowest BCUT2D eigenvalue weighted by atomic mass is 9.93. The van der Waals surface area contributed by atoms with Crippen LogP contribution in [0.15, 0.2) is 24.3 Å². The van der Waals surface area contributed by atoms with E-state index in [4.69, 9.17) is 15.9 Å². The van der Waals surface area contributed by atoms with Crippen molar-refractivity contribution in [3.63, 3.8) is 0 Å². The van der Waals surface area contributed by atoms with E-state index in [0.717, 1.165) is 11.3 Å². The number of alkyl halides is 1. The van der Waals surface area contributed by atoms with Crippen molar-refractivity contribution in [1.29, 1.82) is 0 Å². The van der Waals surface area contributed by atoms with Crippen LogP contribution in [0.1, 0.15) is 18.4 Å². The van der Waals surface area contributed by atoms with Gasteiger partial charge in [-0.3, -0.25) is 14.0 Å². The number of nitrogens with one attached hydrogen (secondary N) is 1. The van der Waals surface area contributed by atoms with Gasteiger partial charge in [-0.2, -0.15) is 0 Å². The van der Waals surface area contributed by atoms with E-state index >= 15 is 0 Å². The largest absolute Gasteiger partial charge is 0.481 e. The van der Waals surface area contributed by atoms with Crippen LogP contribution in [0.4, 0.5) is 10.1 Å². The van der Waals surface area contributed by atoms with Crippen LogP contribution >= 0.6 is 0 Å². The van der Waals surface area contributed by atoms with E-state index in [1.165, 1.54) is 0 Å². The summed E-state index contributed by atoms with van der Waals surface area (Å²) in [6.45, 7) is 0.149. The molecule has 7 heteroatoms. The highest BCUT2D eigenvalue weighted by Gasteiger charge is 2.24. The zero-order valence-electron chi connectivity index (χ0n) is 12.2. The van der Waals surface area contributed by atoms with Crippen LogP contribution in [0.2, 0.25) is 0 Å². The van der Waals surface area contributed by atoms with Crippen molar-refractivity contribution in [1.82, 2.24) is 0 Å². The first-order valence-electron chi connectivity index (χ1n) is 7.04. The van der Waals surface area contributed by atoms with Gasteiger partial charge in [0.25, 0.3) is 0 Å². The fourth-order valence-electron chi connectivity index (χ4n) is 2.02. The molecule has 0 spiro atoms. The Balaban J connectivity index is 2.62. The lowest BCUT2D eigenvalue weighted by molar-refractivity contribution is -0.143. The molecule has 0 saturated carbocycles. The molecule has 1 aromatic rings. The van der Waals surface area contributed by atoms with Gasteiger partial charge in [0.15, 0.2) is 0 Å². The van der Waals surface area contributed by atoms with Crippen molar-refractivity contribution in [2.24, 2.45) is 11.7 Å². The van der Waals surface area contributed by atoms with Gasteiger partial charge in [0.05, 0.1) is 12.6 Å². The average Bonchev–Trinajstić information content (AvgIpc) is 2.48. The van der Waals surface area contributed by atoms with E-state index in [-0.39, 0.29) is 19.5 Å². The van der Waals surface area contributed by atoms with E-state index in [1.54, 1.807) is 24.3 Å². The molecule has 2 atom stereocenters. The summed E-state index contributed by atoms with van der Waals surface area (Å²) in [7, 11) is 0. The molecule has 6 nitrogen and oxygen atoms in total. The smallest absolute Gasteiger partial charge is 0.320 e. The Hall–Kier alpha value is -2.15. The zero-order chi connectivity index (χ0) is 16.5. The third kappa shape index (κ3) is 6.09. The predicted octanol–water partition coefficient (Wildman–Crippen LogP) is 1.50. The van der Waals surface area contributed by atoms with Gasteiger partial charge in [-0.1, -0.05) is 12.1 Å². The van der Waals surface area contributed by atoms with Gasteiger partial charge in [0.1, 0.15) is 6.04 Å². The fourth-order valence-corrected chi connectivity index (χ4v) is 2.02. The molecule has 0 aliphatic rings. The SMILES string of the molecule is NC(CC(Cc1ccc(NCCCF)cc1)C(=O)O)C(=O)O. The zero-order valence-corrected chi connectivity index (χ0v) is 12.2. The van der Waals surface area contributed by atoms with Gasteiger partial charge in [0, 0.05) is 12.2 Å². The first-order valence-corrected chi connectivity index (χ1v) is 7.04. The van der Waals surface area contributed by atoms with Crippen LogP contribution in [0, 0.1) is 5.92 Å². The van der Waals surface area contributed by atoms with Crippen LogP contribution in [0.25, 0.3) is 0 Å².